The van der Waals surface area contributed by atoms with Gasteiger partial charge in [-0.15, -0.1) is 0 Å². The molecule has 178 valence electrons. The van der Waals surface area contributed by atoms with Crippen LogP contribution in [0.2, 0.25) is 0 Å². The van der Waals surface area contributed by atoms with Gasteiger partial charge in [0.25, 0.3) is 0 Å². The molecule has 4 heteroatoms. The quantitative estimate of drug-likeness (QED) is 0.259. The van der Waals surface area contributed by atoms with Gasteiger partial charge in [0.1, 0.15) is 0 Å². The van der Waals surface area contributed by atoms with Crippen molar-refractivity contribution in [3.63, 3.8) is 0 Å². The topological polar surface area (TPSA) is 41.6 Å². The van der Waals surface area contributed by atoms with E-state index in [2.05, 4.69) is 61.3 Å². The molecule has 0 heterocycles. The number of benzene rings is 3. The van der Waals surface area contributed by atoms with E-state index in [4.69, 9.17) is 4.74 Å². The minimum Gasteiger partial charge on any atom is -0.462 e. The number of carbonyl (C=O) groups is 1. The van der Waals surface area contributed by atoms with Gasteiger partial charge in [-0.1, -0.05) is 68.5 Å². The lowest BCUT2D eigenvalue weighted by Crippen LogP contribution is -2.19. The maximum absolute atomic E-state index is 12.9. The van der Waals surface area contributed by atoms with Crippen molar-refractivity contribution in [3.05, 3.63) is 96.1 Å². The molecule has 0 bridgehead atoms. The zero-order chi connectivity index (χ0) is 24.6. The van der Waals surface area contributed by atoms with Crippen LogP contribution in [0, 0.1) is 0 Å². The lowest BCUT2D eigenvalue weighted by Gasteiger charge is -2.27. The Balaban J connectivity index is 1.89. The van der Waals surface area contributed by atoms with Crippen LogP contribution in [0.15, 0.2) is 84.9 Å². The molecule has 3 rings (SSSR count). The third kappa shape index (κ3) is 6.07. The number of para-hydroxylation sites is 2. The van der Waals surface area contributed by atoms with Gasteiger partial charge >= 0.3 is 5.97 Å². The van der Waals surface area contributed by atoms with E-state index in [9.17, 15) is 4.79 Å². The highest BCUT2D eigenvalue weighted by molar-refractivity contribution is 6.16. The number of nitrogens with one attached hydrogen (secondary N) is 1. The van der Waals surface area contributed by atoms with E-state index >= 15 is 0 Å². The molecular formula is C30H36N2O2. The largest absolute Gasteiger partial charge is 0.462 e. The van der Waals surface area contributed by atoms with Crippen molar-refractivity contribution in [1.29, 1.82) is 0 Å². The summed E-state index contributed by atoms with van der Waals surface area (Å²) in [6.07, 6.45) is 2.73. The van der Waals surface area contributed by atoms with Gasteiger partial charge in [0.05, 0.1) is 12.2 Å². The lowest BCUT2D eigenvalue weighted by atomic mass is 9.79. The van der Waals surface area contributed by atoms with Crippen LogP contribution in [0.4, 0.5) is 17.1 Å². The van der Waals surface area contributed by atoms with E-state index < -0.39 is 0 Å². The van der Waals surface area contributed by atoms with Crippen molar-refractivity contribution in [1.82, 2.24) is 0 Å². The molecule has 0 aliphatic carbocycles. The van der Waals surface area contributed by atoms with Gasteiger partial charge in [0, 0.05) is 30.7 Å². The minimum absolute atomic E-state index is 0.163. The molecule has 0 fully saturated rings. The van der Waals surface area contributed by atoms with Crippen molar-refractivity contribution < 1.29 is 9.53 Å². The number of esters is 1. The summed E-state index contributed by atoms with van der Waals surface area (Å²) in [7, 11) is 2.04. The summed E-state index contributed by atoms with van der Waals surface area (Å²) in [5.74, 6) is -0.289. The van der Waals surface area contributed by atoms with Crippen LogP contribution < -0.4 is 10.2 Å². The van der Waals surface area contributed by atoms with Crippen LogP contribution in [-0.2, 0) is 14.9 Å². The number of hydrogen-bond acceptors (Lipinski definition) is 4. The molecule has 0 aliphatic rings. The van der Waals surface area contributed by atoms with Crippen LogP contribution in [0.3, 0.4) is 0 Å². The van der Waals surface area contributed by atoms with E-state index in [1.165, 1.54) is 5.56 Å². The Morgan fingerprint density at radius 2 is 1.53 bits per heavy atom. The Bertz CT molecular complexity index is 1100. The normalized spacial score (nSPS) is 11.7. The summed E-state index contributed by atoms with van der Waals surface area (Å²) in [6, 6.07) is 26.7. The zero-order valence-electron chi connectivity index (χ0n) is 21.0. The summed E-state index contributed by atoms with van der Waals surface area (Å²) in [4.78, 5) is 15.0. The van der Waals surface area contributed by atoms with Crippen LogP contribution in [0.1, 0.15) is 45.2 Å². The monoisotopic (exact) mass is 456 g/mol. The Labute approximate surface area is 204 Å². The molecule has 0 saturated carbocycles. The molecule has 1 N–H and O–H groups in total. The number of allylic oxidation sites excluding steroid dienone is 1. The van der Waals surface area contributed by atoms with Crippen molar-refractivity contribution in [2.24, 2.45) is 0 Å². The van der Waals surface area contributed by atoms with Gasteiger partial charge in [0.15, 0.2) is 0 Å². The molecule has 0 aliphatic heterocycles. The molecule has 0 saturated heterocycles. The first kappa shape index (κ1) is 25.1. The molecule has 0 atom stereocenters. The first-order chi connectivity index (χ1) is 16.4. The van der Waals surface area contributed by atoms with Crippen LogP contribution >= 0.6 is 0 Å². The Morgan fingerprint density at radius 1 is 0.912 bits per heavy atom. The molecule has 34 heavy (non-hydrogen) atoms. The van der Waals surface area contributed by atoms with Gasteiger partial charge in [-0.2, -0.15) is 0 Å². The molecule has 4 nitrogen and oxygen atoms in total. The van der Waals surface area contributed by atoms with Crippen LogP contribution in [0.25, 0.3) is 5.57 Å². The molecule has 3 aromatic rings. The smallest absolute Gasteiger partial charge is 0.338 e. The van der Waals surface area contributed by atoms with E-state index in [-0.39, 0.29) is 11.4 Å². The molecular weight excluding hydrogens is 420 g/mol. The second kappa shape index (κ2) is 11.6. The number of hydrogen-bond donors (Lipinski definition) is 1. The summed E-state index contributed by atoms with van der Waals surface area (Å²) in [5.41, 5.74) is 5.83. The average molecular weight is 457 g/mol. The van der Waals surface area contributed by atoms with Crippen molar-refractivity contribution in [2.75, 3.05) is 30.4 Å². The number of rotatable bonds is 10. The summed E-state index contributed by atoms with van der Waals surface area (Å²) in [5, 5.41) is 3.46. The third-order valence-corrected chi connectivity index (χ3v) is 6.04. The van der Waals surface area contributed by atoms with E-state index in [1.54, 1.807) is 0 Å². The van der Waals surface area contributed by atoms with E-state index in [0.29, 0.717) is 18.6 Å². The number of nitrogens with zero attached hydrogens (tertiary/aromatic N) is 1. The third-order valence-electron chi connectivity index (χ3n) is 6.04. The Kier molecular flexibility index (Phi) is 8.53. The standard InChI is InChI=1S/C30H36N2O2/c1-6-31-28-16-12-11-15-27(28)30(3,4)22-21-26(29(33)34-7-2)23-17-19-25(20-18-23)32(5)24-13-9-8-10-14-24/h8-21,31H,6-7,22H2,1-5H3/b26-21-. The predicted molar refractivity (Wildman–Crippen MR) is 144 cm³/mol. The summed E-state index contributed by atoms with van der Waals surface area (Å²) in [6.45, 7) is 9.56. The molecule has 0 spiro atoms. The lowest BCUT2D eigenvalue weighted by molar-refractivity contribution is -0.136. The second-order valence-corrected chi connectivity index (χ2v) is 8.94. The minimum atomic E-state index is -0.289. The fourth-order valence-corrected chi connectivity index (χ4v) is 4.08. The van der Waals surface area contributed by atoms with Gasteiger partial charge < -0.3 is 15.0 Å². The van der Waals surface area contributed by atoms with Crippen molar-refractivity contribution in [3.8, 4) is 0 Å². The highest BCUT2D eigenvalue weighted by Gasteiger charge is 2.24. The first-order valence-corrected chi connectivity index (χ1v) is 12.0. The van der Waals surface area contributed by atoms with Crippen molar-refractivity contribution in [2.45, 2.75) is 39.5 Å². The van der Waals surface area contributed by atoms with Gasteiger partial charge in [-0.05, 0) is 67.1 Å². The first-order valence-electron chi connectivity index (χ1n) is 12.0. The average Bonchev–Trinajstić information content (AvgIpc) is 2.85. The Hall–Kier alpha value is -3.53. The van der Waals surface area contributed by atoms with Crippen LogP contribution in [-0.4, -0.2) is 26.2 Å². The second-order valence-electron chi connectivity index (χ2n) is 8.94. The molecule has 3 aromatic carbocycles. The summed E-state index contributed by atoms with van der Waals surface area (Å²) >= 11 is 0. The number of anilines is 3. The summed E-state index contributed by atoms with van der Waals surface area (Å²) < 4.78 is 5.41. The van der Waals surface area contributed by atoms with Gasteiger partial charge in [0.2, 0.25) is 0 Å². The Morgan fingerprint density at radius 3 is 2.18 bits per heavy atom. The maximum Gasteiger partial charge on any atom is 0.338 e. The SMILES string of the molecule is CCNc1ccccc1C(C)(C)C/C=C(\C(=O)OCC)c1ccc(N(C)c2ccccc2)cc1. The van der Waals surface area contributed by atoms with E-state index in [1.807, 2.05) is 68.6 Å². The van der Waals surface area contributed by atoms with Crippen molar-refractivity contribution >= 4 is 28.6 Å². The van der Waals surface area contributed by atoms with Gasteiger partial charge in [-0.25, -0.2) is 4.79 Å². The van der Waals surface area contributed by atoms with Crippen LogP contribution in [0.5, 0.6) is 0 Å². The highest BCUT2D eigenvalue weighted by atomic mass is 16.5. The highest BCUT2D eigenvalue weighted by Crippen LogP contribution is 2.35. The fourth-order valence-electron chi connectivity index (χ4n) is 4.08. The molecule has 0 aromatic heterocycles. The molecule has 0 radical (unpaired) electrons. The predicted octanol–water partition coefficient (Wildman–Crippen LogP) is 7.20. The maximum atomic E-state index is 12.9. The molecule has 0 unspecified atom stereocenters. The zero-order valence-corrected chi connectivity index (χ0v) is 21.0. The van der Waals surface area contributed by atoms with Gasteiger partial charge in [-0.3, -0.25) is 0 Å². The number of ether oxygens (including phenoxy) is 1. The number of carbonyl (C=O) groups excluding carboxylic acids is 1. The van der Waals surface area contributed by atoms with E-state index in [0.717, 1.165) is 29.2 Å². The molecule has 0 amide bonds. The fraction of sp³-hybridized carbons (Fsp3) is 0.300.